The lowest BCUT2D eigenvalue weighted by Crippen LogP contribution is -2.04. The van der Waals surface area contributed by atoms with Crippen LogP contribution < -0.4 is 5.32 Å². The zero-order valence-corrected chi connectivity index (χ0v) is 11.8. The van der Waals surface area contributed by atoms with Crippen LogP contribution in [0.25, 0.3) is 0 Å². The Kier molecular flexibility index (Phi) is 4.34. The molecule has 0 bridgehead atoms. The number of nitrogens with zero attached hydrogens (tertiary/aromatic N) is 2. The Labute approximate surface area is 119 Å². The third-order valence-corrected chi connectivity index (χ3v) is 3.84. The summed E-state index contributed by atoms with van der Waals surface area (Å²) in [5.41, 5.74) is 1.14. The molecule has 0 aliphatic carbocycles. The van der Waals surface area contributed by atoms with E-state index in [9.17, 15) is 10.1 Å². The number of anilines is 1. The van der Waals surface area contributed by atoms with Gasteiger partial charge in [-0.05, 0) is 23.4 Å². The summed E-state index contributed by atoms with van der Waals surface area (Å²) >= 11 is 7.34. The first kappa shape index (κ1) is 13.8. The highest BCUT2D eigenvalue weighted by Crippen LogP contribution is 2.26. The van der Waals surface area contributed by atoms with Gasteiger partial charge in [-0.2, -0.15) is 0 Å². The molecule has 2 aromatic rings. The molecule has 1 N–H and O–H groups in total. The minimum atomic E-state index is -0.490. The minimum Gasteiger partial charge on any atom is -0.359 e. The second kappa shape index (κ2) is 5.99. The van der Waals surface area contributed by atoms with Gasteiger partial charge in [0.1, 0.15) is 0 Å². The molecule has 19 heavy (non-hydrogen) atoms. The van der Waals surface area contributed by atoms with Gasteiger partial charge >= 0.3 is 5.69 Å². The van der Waals surface area contributed by atoms with E-state index in [2.05, 4.69) is 23.3 Å². The highest BCUT2D eigenvalue weighted by Gasteiger charge is 2.16. The molecule has 0 radical (unpaired) electrons. The van der Waals surface area contributed by atoms with Crippen LogP contribution in [-0.2, 0) is 13.0 Å². The van der Waals surface area contributed by atoms with Crippen LogP contribution in [0.1, 0.15) is 17.4 Å². The first-order chi connectivity index (χ1) is 9.11. The fourth-order valence-corrected chi connectivity index (χ4v) is 2.77. The van der Waals surface area contributed by atoms with Gasteiger partial charge in [0.15, 0.2) is 0 Å². The molecule has 7 heteroatoms. The van der Waals surface area contributed by atoms with Crippen molar-refractivity contribution >= 4 is 34.4 Å². The zero-order chi connectivity index (χ0) is 13.8. The number of pyridine rings is 1. The molecule has 0 saturated heterocycles. The second-order valence-corrected chi connectivity index (χ2v) is 5.29. The lowest BCUT2D eigenvalue weighted by molar-refractivity contribution is -0.384. The topological polar surface area (TPSA) is 68.1 Å². The van der Waals surface area contributed by atoms with Crippen LogP contribution >= 0.6 is 22.9 Å². The number of nitrogens with one attached hydrogen (secondary N) is 1. The Morgan fingerprint density at radius 3 is 3.05 bits per heavy atom. The molecule has 0 atom stereocenters. The lowest BCUT2D eigenvalue weighted by Gasteiger charge is -2.06. The monoisotopic (exact) mass is 297 g/mol. The first-order valence-corrected chi connectivity index (χ1v) is 6.96. The van der Waals surface area contributed by atoms with Crippen LogP contribution in [0.2, 0.25) is 5.02 Å². The molecule has 0 aromatic carbocycles. The third-order valence-electron chi connectivity index (χ3n) is 2.67. The normalized spacial score (nSPS) is 10.4. The third kappa shape index (κ3) is 3.21. The first-order valence-electron chi connectivity index (χ1n) is 5.71. The van der Waals surface area contributed by atoms with E-state index in [0.29, 0.717) is 6.54 Å². The zero-order valence-electron chi connectivity index (χ0n) is 10.2. The number of rotatable bonds is 5. The molecule has 5 nitrogen and oxygen atoms in total. The Balaban J connectivity index is 2.18. The smallest absolute Gasteiger partial charge is 0.312 e. The van der Waals surface area contributed by atoms with Gasteiger partial charge in [-0.25, -0.2) is 4.98 Å². The second-order valence-electron chi connectivity index (χ2n) is 3.85. The summed E-state index contributed by atoms with van der Waals surface area (Å²) in [5.74, 6) is 0.241. The predicted octanol–water partition coefficient (Wildman–Crippen LogP) is 3.88. The van der Waals surface area contributed by atoms with Crippen molar-refractivity contribution in [3.05, 3.63) is 49.3 Å². The van der Waals surface area contributed by atoms with E-state index < -0.39 is 4.92 Å². The Morgan fingerprint density at radius 1 is 1.58 bits per heavy atom. The summed E-state index contributed by atoms with van der Waals surface area (Å²) in [7, 11) is 0. The number of thiophene rings is 1. The number of nitro groups is 1. The van der Waals surface area contributed by atoms with E-state index in [1.54, 1.807) is 11.3 Å². The molecule has 0 aliphatic rings. The number of hydrogen-bond donors (Lipinski definition) is 1. The fraction of sp³-hybridized carbons (Fsp3) is 0.250. The molecule has 2 heterocycles. The minimum absolute atomic E-state index is 0.109. The maximum Gasteiger partial charge on any atom is 0.312 e. The largest absolute Gasteiger partial charge is 0.359 e. The molecule has 0 spiro atoms. The fourth-order valence-electron chi connectivity index (χ4n) is 1.71. The quantitative estimate of drug-likeness (QED) is 0.672. The summed E-state index contributed by atoms with van der Waals surface area (Å²) in [5, 5.41) is 16.2. The van der Waals surface area contributed by atoms with Crippen LogP contribution in [0.4, 0.5) is 11.5 Å². The van der Waals surface area contributed by atoms with Gasteiger partial charge in [-0.1, -0.05) is 18.5 Å². The van der Waals surface area contributed by atoms with E-state index >= 15 is 0 Å². The lowest BCUT2D eigenvalue weighted by atomic mass is 10.2. The van der Waals surface area contributed by atoms with Crippen LogP contribution in [0.3, 0.4) is 0 Å². The molecule has 100 valence electrons. The van der Waals surface area contributed by atoms with Crippen molar-refractivity contribution in [3.8, 4) is 0 Å². The Bertz CT molecular complexity index is 600. The Hall–Kier alpha value is -1.66. The number of aromatic nitrogens is 1. The highest BCUT2D eigenvalue weighted by atomic mass is 35.5. The van der Waals surface area contributed by atoms with Crippen molar-refractivity contribution < 1.29 is 4.92 Å². The summed E-state index contributed by atoms with van der Waals surface area (Å²) < 4.78 is 0. The number of halogens is 1. The van der Waals surface area contributed by atoms with Crippen molar-refractivity contribution in [2.24, 2.45) is 0 Å². The molecule has 2 aromatic heterocycles. The summed E-state index contributed by atoms with van der Waals surface area (Å²) in [6.45, 7) is 2.60. The average molecular weight is 298 g/mol. The van der Waals surface area contributed by atoms with Gasteiger partial charge in [-0.3, -0.25) is 10.1 Å². The van der Waals surface area contributed by atoms with Crippen molar-refractivity contribution in [2.75, 3.05) is 5.32 Å². The SMILES string of the molecule is CCc1ccsc1CNc1ncc(Cl)cc1[N+](=O)[O-]. The van der Waals surface area contributed by atoms with Crippen molar-refractivity contribution in [2.45, 2.75) is 19.9 Å². The number of aryl methyl sites for hydroxylation is 1. The van der Waals surface area contributed by atoms with E-state index in [1.165, 1.54) is 17.8 Å². The van der Waals surface area contributed by atoms with Gasteiger partial charge in [0.25, 0.3) is 0 Å². The molecule has 0 unspecified atom stereocenters. The van der Waals surface area contributed by atoms with Gasteiger partial charge in [-0.15, -0.1) is 11.3 Å². The van der Waals surface area contributed by atoms with Crippen molar-refractivity contribution in [1.29, 1.82) is 0 Å². The standard InChI is InChI=1S/C12H12ClN3O2S/c1-2-8-3-4-19-11(8)7-15-12-10(16(17)18)5-9(13)6-14-12/h3-6H,2,7H2,1H3,(H,14,15). The maximum atomic E-state index is 10.9. The molecular formula is C12H12ClN3O2S. The van der Waals surface area contributed by atoms with Crippen molar-refractivity contribution in [1.82, 2.24) is 4.98 Å². The van der Waals surface area contributed by atoms with E-state index in [1.807, 2.05) is 5.38 Å². The van der Waals surface area contributed by atoms with Gasteiger partial charge < -0.3 is 5.32 Å². The molecule has 0 saturated carbocycles. The molecular weight excluding hydrogens is 286 g/mol. The van der Waals surface area contributed by atoms with E-state index in [4.69, 9.17) is 11.6 Å². The molecule has 0 amide bonds. The van der Waals surface area contributed by atoms with Gasteiger partial charge in [0.2, 0.25) is 5.82 Å². The molecule has 2 rings (SSSR count). The molecule has 0 fully saturated rings. The van der Waals surface area contributed by atoms with Crippen LogP contribution in [0.15, 0.2) is 23.7 Å². The average Bonchev–Trinajstić information content (AvgIpc) is 2.84. The highest BCUT2D eigenvalue weighted by molar-refractivity contribution is 7.10. The number of hydrogen-bond acceptors (Lipinski definition) is 5. The molecule has 0 aliphatic heterocycles. The van der Waals surface area contributed by atoms with Crippen molar-refractivity contribution in [3.63, 3.8) is 0 Å². The maximum absolute atomic E-state index is 10.9. The van der Waals surface area contributed by atoms with Gasteiger partial charge in [0, 0.05) is 17.1 Å². The summed E-state index contributed by atoms with van der Waals surface area (Å²) in [4.78, 5) is 15.6. The Morgan fingerprint density at radius 2 is 2.37 bits per heavy atom. The van der Waals surface area contributed by atoms with E-state index in [-0.39, 0.29) is 16.5 Å². The van der Waals surface area contributed by atoms with Crippen LogP contribution in [-0.4, -0.2) is 9.91 Å². The van der Waals surface area contributed by atoms with Crippen LogP contribution in [0.5, 0.6) is 0 Å². The van der Waals surface area contributed by atoms with Crippen LogP contribution in [0, 0.1) is 10.1 Å². The van der Waals surface area contributed by atoms with Gasteiger partial charge in [0.05, 0.1) is 16.5 Å². The van der Waals surface area contributed by atoms with E-state index in [0.717, 1.165) is 11.3 Å². The summed E-state index contributed by atoms with van der Waals surface area (Å²) in [6.07, 6.45) is 2.34. The summed E-state index contributed by atoms with van der Waals surface area (Å²) in [6, 6.07) is 3.36. The predicted molar refractivity (Wildman–Crippen MR) is 76.9 cm³/mol.